The van der Waals surface area contributed by atoms with E-state index >= 15 is 0 Å². The number of hydrogen-bond acceptors (Lipinski definition) is 10. The molecule has 1 N–H and O–H groups in total. The molecule has 2 aromatic heterocycles. The summed E-state index contributed by atoms with van der Waals surface area (Å²) < 4.78 is 22.4. The van der Waals surface area contributed by atoms with Gasteiger partial charge in [0.15, 0.2) is 5.82 Å². The lowest BCUT2D eigenvalue weighted by Crippen LogP contribution is -2.38. The van der Waals surface area contributed by atoms with Crippen LogP contribution in [0.1, 0.15) is 17.1 Å². The van der Waals surface area contributed by atoms with Crippen molar-refractivity contribution in [1.29, 1.82) is 0 Å². The van der Waals surface area contributed by atoms with Crippen molar-refractivity contribution in [3.63, 3.8) is 0 Å². The number of furan rings is 1. The third-order valence-corrected chi connectivity index (χ3v) is 5.32. The van der Waals surface area contributed by atoms with Crippen LogP contribution in [0.5, 0.6) is 5.88 Å². The molecule has 2 aromatic rings. The van der Waals surface area contributed by atoms with E-state index in [9.17, 15) is 0 Å². The highest BCUT2D eigenvalue weighted by atomic mass is 16.5. The van der Waals surface area contributed by atoms with E-state index in [4.69, 9.17) is 18.6 Å². The summed E-state index contributed by atoms with van der Waals surface area (Å²) in [4.78, 5) is 13.6. The van der Waals surface area contributed by atoms with Crippen LogP contribution in [0.3, 0.4) is 0 Å². The molecule has 2 aliphatic rings. The SMILES string of the molecule is Cc1cc(NN=Cc2nc(OCCN3CCOCC3)cc(N3CCOCC3)n2)oc1C. The van der Waals surface area contributed by atoms with E-state index in [1.165, 1.54) is 0 Å². The molecule has 0 spiro atoms. The van der Waals surface area contributed by atoms with Crippen LogP contribution >= 0.6 is 0 Å². The van der Waals surface area contributed by atoms with E-state index in [1.807, 2.05) is 26.0 Å². The zero-order valence-electron chi connectivity index (χ0n) is 18.2. The minimum absolute atomic E-state index is 0.470. The maximum Gasteiger partial charge on any atom is 0.219 e. The lowest BCUT2D eigenvalue weighted by atomic mass is 10.3. The van der Waals surface area contributed by atoms with Crippen molar-refractivity contribution >= 4 is 17.9 Å². The smallest absolute Gasteiger partial charge is 0.219 e. The highest BCUT2D eigenvalue weighted by molar-refractivity contribution is 5.76. The number of nitrogens with zero attached hydrogens (tertiary/aromatic N) is 5. The number of ether oxygens (including phenoxy) is 3. The second-order valence-corrected chi connectivity index (χ2v) is 7.54. The third-order valence-electron chi connectivity index (χ3n) is 5.32. The van der Waals surface area contributed by atoms with Crippen molar-refractivity contribution in [2.24, 2.45) is 5.10 Å². The molecule has 0 radical (unpaired) electrons. The number of morpholine rings is 2. The standard InChI is InChI=1S/C21H30N6O4/c1-16-13-21(31-17(16)2)25-22-15-18-23-19(27-6-10-29-11-7-27)14-20(24-18)30-12-5-26-3-8-28-9-4-26/h13-15,25H,3-12H2,1-2H3. The largest absolute Gasteiger partial charge is 0.476 e. The van der Waals surface area contributed by atoms with Crippen molar-refractivity contribution in [3.05, 3.63) is 29.3 Å². The summed E-state index contributed by atoms with van der Waals surface area (Å²) in [5, 5.41) is 4.23. The maximum absolute atomic E-state index is 5.97. The van der Waals surface area contributed by atoms with Gasteiger partial charge in [0.1, 0.15) is 18.2 Å². The van der Waals surface area contributed by atoms with Gasteiger partial charge in [0.2, 0.25) is 11.8 Å². The van der Waals surface area contributed by atoms with Crippen LogP contribution in [0.2, 0.25) is 0 Å². The molecule has 4 heterocycles. The number of anilines is 2. The normalized spacial score (nSPS) is 17.9. The van der Waals surface area contributed by atoms with Crippen molar-refractivity contribution in [2.45, 2.75) is 13.8 Å². The molecule has 0 amide bonds. The van der Waals surface area contributed by atoms with Crippen molar-refractivity contribution < 1.29 is 18.6 Å². The lowest BCUT2D eigenvalue weighted by molar-refractivity contribution is 0.0320. The van der Waals surface area contributed by atoms with E-state index in [-0.39, 0.29) is 0 Å². The quantitative estimate of drug-likeness (QED) is 0.495. The molecule has 2 aliphatic heterocycles. The monoisotopic (exact) mass is 430 g/mol. The van der Waals surface area contributed by atoms with E-state index in [0.29, 0.717) is 37.4 Å². The number of aryl methyl sites for hydroxylation is 2. The molecule has 0 bridgehead atoms. The second kappa shape index (κ2) is 10.6. The van der Waals surface area contributed by atoms with Gasteiger partial charge in [-0.1, -0.05) is 0 Å². The predicted molar refractivity (Wildman–Crippen MR) is 117 cm³/mol. The summed E-state index contributed by atoms with van der Waals surface area (Å²) in [7, 11) is 0. The van der Waals surface area contributed by atoms with Gasteiger partial charge in [0.05, 0.1) is 32.6 Å². The second-order valence-electron chi connectivity index (χ2n) is 7.54. The molecule has 0 aliphatic carbocycles. The summed E-state index contributed by atoms with van der Waals surface area (Å²) in [6, 6.07) is 3.78. The van der Waals surface area contributed by atoms with Crippen molar-refractivity contribution in [1.82, 2.24) is 14.9 Å². The Bertz CT molecular complexity index is 855. The molecule has 0 unspecified atom stereocenters. The Labute approximate surface area is 182 Å². The Kier molecular flexibility index (Phi) is 7.34. The van der Waals surface area contributed by atoms with Crippen molar-refractivity contribution in [3.8, 4) is 5.88 Å². The van der Waals surface area contributed by atoms with Gasteiger partial charge < -0.3 is 23.5 Å². The van der Waals surface area contributed by atoms with Gasteiger partial charge in [-0.3, -0.25) is 4.90 Å². The fourth-order valence-corrected chi connectivity index (χ4v) is 3.40. The van der Waals surface area contributed by atoms with E-state index < -0.39 is 0 Å². The van der Waals surface area contributed by atoms with Gasteiger partial charge in [0, 0.05) is 44.9 Å². The molecule has 10 nitrogen and oxygen atoms in total. The minimum atomic E-state index is 0.470. The van der Waals surface area contributed by atoms with Crippen LogP contribution < -0.4 is 15.1 Å². The summed E-state index contributed by atoms with van der Waals surface area (Å²) in [5.41, 5.74) is 3.96. The zero-order valence-corrected chi connectivity index (χ0v) is 18.2. The molecular formula is C21H30N6O4. The molecule has 0 saturated carbocycles. The van der Waals surface area contributed by atoms with Crippen LogP contribution in [-0.2, 0) is 9.47 Å². The molecule has 10 heteroatoms. The van der Waals surface area contributed by atoms with E-state index in [0.717, 1.165) is 63.1 Å². The lowest BCUT2D eigenvalue weighted by Gasteiger charge is -2.28. The molecule has 0 atom stereocenters. The number of nitrogens with one attached hydrogen (secondary N) is 1. The Hall–Kier alpha value is -2.69. The molecular weight excluding hydrogens is 400 g/mol. The molecule has 168 valence electrons. The van der Waals surface area contributed by atoms with Gasteiger partial charge in [0.25, 0.3) is 0 Å². The molecule has 0 aromatic carbocycles. The van der Waals surface area contributed by atoms with E-state index in [2.05, 4.69) is 30.3 Å². The average molecular weight is 431 g/mol. The number of rotatable bonds is 8. The summed E-state index contributed by atoms with van der Waals surface area (Å²) in [6.07, 6.45) is 1.58. The maximum atomic E-state index is 5.97. The zero-order chi connectivity index (χ0) is 21.5. The van der Waals surface area contributed by atoms with Gasteiger partial charge in [-0.15, -0.1) is 0 Å². The fraction of sp³-hybridized carbons (Fsp3) is 0.571. The Balaban J connectivity index is 1.43. The van der Waals surface area contributed by atoms with Crippen LogP contribution in [0.4, 0.5) is 11.7 Å². The number of aromatic nitrogens is 2. The van der Waals surface area contributed by atoms with E-state index in [1.54, 1.807) is 6.21 Å². The Morgan fingerprint density at radius 3 is 2.52 bits per heavy atom. The topological polar surface area (TPSA) is 97.5 Å². The molecule has 2 saturated heterocycles. The van der Waals surface area contributed by atoms with Crippen LogP contribution in [0, 0.1) is 13.8 Å². The molecule has 31 heavy (non-hydrogen) atoms. The van der Waals surface area contributed by atoms with Crippen LogP contribution in [0.15, 0.2) is 21.7 Å². The Morgan fingerprint density at radius 2 is 1.81 bits per heavy atom. The minimum Gasteiger partial charge on any atom is -0.476 e. The van der Waals surface area contributed by atoms with Crippen LogP contribution in [0.25, 0.3) is 0 Å². The highest BCUT2D eigenvalue weighted by Gasteiger charge is 2.16. The summed E-state index contributed by atoms with van der Waals surface area (Å²) in [5.74, 6) is 3.26. The third kappa shape index (κ3) is 6.16. The first-order valence-electron chi connectivity index (χ1n) is 10.7. The summed E-state index contributed by atoms with van der Waals surface area (Å²) in [6.45, 7) is 11.6. The van der Waals surface area contributed by atoms with Gasteiger partial charge in [-0.25, -0.2) is 10.4 Å². The predicted octanol–water partition coefficient (Wildman–Crippen LogP) is 1.68. The van der Waals surface area contributed by atoms with Crippen LogP contribution in [-0.4, -0.2) is 86.8 Å². The van der Waals surface area contributed by atoms with Gasteiger partial charge >= 0.3 is 0 Å². The first kappa shape index (κ1) is 21.5. The number of hydrazone groups is 1. The number of hydrogen-bond donors (Lipinski definition) is 1. The van der Waals surface area contributed by atoms with Gasteiger partial charge in [-0.2, -0.15) is 10.1 Å². The fourth-order valence-electron chi connectivity index (χ4n) is 3.40. The first-order chi connectivity index (χ1) is 15.2. The average Bonchev–Trinajstić information content (AvgIpc) is 3.12. The Morgan fingerprint density at radius 1 is 1.06 bits per heavy atom. The molecule has 2 fully saturated rings. The summed E-state index contributed by atoms with van der Waals surface area (Å²) >= 11 is 0. The highest BCUT2D eigenvalue weighted by Crippen LogP contribution is 2.20. The molecule has 4 rings (SSSR count). The first-order valence-corrected chi connectivity index (χ1v) is 10.7. The van der Waals surface area contributed by atoms with Crippen molar-refractivity contribution in [2.75, 3.05) is 76.1 Å². The van der Waals surface area contributed by atoms with Gasteiger partial charge in [-0.05, 0) is 19.4 Å².